The van der Waals surface area contributed by atoms with Crippen LogP contribution in [0.5, 0.6) is 11.5 Å². The summed E-state index contributed by atoms with van der Waals surface area (Å²) in [6.45, 7) is 1.98. The third-order valence-electron chi connectivity index (χ3n) is 4.23. The summed E-state index contributed by atoms with van der Waals surface area (Å²) in [5, 5.41) is 3.07. The third kappa shape index (κ3) is 4.13. The zero-order valence-corrected chi connectivity index (χ0v) is 13.1. The molecule has 4 nitrogen and oxygen atoms in total. The molecule has 0 bridgehead atoms. The van der Waals surface area contributed by atoms with Gasteiger partial charge in [-0.3, -0.25) is 4.79 Å². The van der Waals surface area contributed by atoms with Gasteiger partial charge in [-0.1, -0.05) is 12.8 Å². The molecule has 1 aliphatic rings. The molecule has 1 aromatic rings. The van der Waals surface area contributed by atoms with E-state index in [0.717, 1.165) is 17.1 Å². The van der Waals surface area contributed by atoms with Crippen LogP contribution >= 0.6 is 0 Å². The molecule has 1 amide bonds. The molecule has 21 heavy (non-hydrogen) atoms. The molecule has 116 valence electrons. The van der Waals surface area contributed by atoms with E-state index >= 15 is 0 Å². The van der Waals surface area contributed by atoms with Gasteiger partial charge in [-0.05, 0) is 43.9 Å². The molecule has 0 spiro atoms. The number of methoxy groups -OCH3 is 2. The molecular formula is C17H25NO3. The Kier molecular flexibility index (Phi) is 5.48. The topological polar surface area (TPSA) is 47.6 Å². The van der Waals surface area contributed by atoms with Crippen LogP contribution in [0.1, 0.15) is 50.6 Å². The smallest absolute Gasteiger partial charge is 0.220 e. The van der Waals surface area contributed by atoms with Crippen molar-refractivity contribution in [1.29, 1.82) is 0 Å². The molecule has 0 heterocycles. The fourth-order valence-corrected chi connectivity index (χ4v) is 3.03. The second-order valence-electron chi connectivity index (χ2n) is 5.75. The van der Waals surface area contributed by atoms with Crippen LogP contribution in [0.15, 0.2) is 18.2 Å². The molecule has 0 unspecified atom stereocenters. The van der Waals surface area contributed by atoms with Crippen LogP contribution in [0.2, 0.25) is 0 Å². The fraction of sp³-hybridized carbons (Fsp3) is 0.588. The Balaban J connectivity index is 2.01. The molecular weight excluding hydrogens is 266 g/mol. The largest absolute Gasteiger partial charge is 0.497 e. The molecule has 0 radical (unpaired) electrons. The molecule has 1 saturated carbocycles. The fourth-order valence-electron chi connectivity index (χ4n) is 3.03. The predicted octanol–water partition coefficient (Wildman–Crippen LogP) is 3.46. The Morgan fingerprint density at radius 1 is 1.29 bits per heavy atom. The maximum atomic E-state index is 12.2. The Morgan fingerprint density at radius 3 is 2.62 bits per heavy atom. The summed E-state index contributed by atoms with van der Waals surface area (Å²) in [6.07, 6.45) is 5.53. The van der Waals surface area contributed by atoms with Gasteiger partial charge in [0.2, 0.25) is 5.91 Å². The Bertz CT molecular complexity index is 481. The molecule has 0 aromatic heterocycles. The first-order valence-electron chi connectivity index (χ1n) is 7.65. The van der Waals surface area contributed by atoms with Crippen molar-refractivity contribution in [2.75, 3.05) is 14.2 Å². The van der Waals surface area contributed by atoms with E-state index in [1.54, 1.807) is 14.2 Å². The van der Waals surface area contributed by atoms with Crippen LogP contribution in [-0.4, -0.2) is 20.1 Å². The first kappa shape index (κ1) is 15.7. The van der Waals surface area contributed by atoms with Crippen LogP contribution in [0.25, 0.3) is 0 Å². The lowest BCUT2D eigenvalue weighted by molar-refractivity contribution is -0.122. The molecule has 4 heteroatoms. The van der Waals surface area contributed by atoms with Crippen molar-refractivity contribution in [2.24, 2.45) is 5.92 Å². The van der Waals surface area contributed by atoms with E-state index in [2.05, 4.69) is 5.32 Å². The lowest BCUT2D eigenvalue weighted by Gasteiger charge is -2.19. The molecule has 1 fully saturated rings. The average Bonchev–Trinajstić information content (AvgIpc) is 2.99. The number of hydrogen-bond donors (Lipinski definition) is 1. The van der Waals surface area contributed by atoms with Crippen LogP contribution in [0.4, 0.5) is 0 Å². The van der Waals surface area contributed by atoms with Gasteiger partial charge in [-0.2, -0.15) is 0 Å². The van der Waals surface area contributed by atoms with Gasteiger partial charge in [0.1, 0.15) is 11.5 Å². The van der Waals surface area contributed by atoms with Crippen molar-refractivity contribution < 1.29 is 14.3 Å². The van der Waals surface area contributed by atoms with Gasteiger partial charge in [0.15, 0.2) is 0 Å². The first-order chi connectivity index (χ1) is 10.1. The lowest BCUT2D eigenvalue weighted by Crippen LogP contribution is -2.28. The minimum Gasteiger partial charge on any atom is -0.497 e. The normalized spacial score (nSPS) is 16.5. The van der Waals surface area contributed by atoms with Crippen LogP contribution in [-0.2, 0) is 4.79 Å². The maximum Gasteiger partial charge on any atom is 0.220 e. The van der Waals surface area contributed by atoms with E-state index in [1.807, 2.05) is 25.1 Å². The monoisotopic (exact) mass is 291 g/mol. The van der Waals surface area contributed by atoms with Crippen molar-refractivity contribution in [3.63, 3.8) is 0 Å². The second-order valence-corrected chi connectivity index (χ2v) is 5.75. The van der Waals surface area contributed by atoms with Crippen LogP contribution in [0.3, 0.4) is 0 Å². The highest BCUT2D eigenvalue weighted by Crippen LogP contribution is 2.30. The van der Waals surface area contributed by atoms with Gasteiger partial charge >= 0.3 is 0 Å². The Hall–Kier alpha value is -1.71. The zero-order valence-electron chi connectivity index (χ0n) is 13.1. The summed E-state index contributed by atoms with van der Waals surface area (Å²) < 4.78 is 10.6. The van der Waals surface area contributed by atoms with Gasteiger partial charge in [0, 0.05) is 12.0 Å². The number of benzene rings is 1. The third-order valence-corrected chi connectivity index (χ3v) is 4.23. The quantitative estimate of drug-likeness (QED) is 0.873. The number of rotatable bonds is 6. The first-order valence-corrected chi connectivity index (χ1v) is 7.65. The number of amides is 1. The number of carbonyl (C=O) groups is 1. The standard InChI is InChI=1S/C17H25NO3/c1-12(18-17(19)10-13-6-4-5-7-13)15-11-14(20-2)8-9-16(15)21-3/h8-9,11-13H,4-7,10H2,1-3H3,(H,18,19)/t12-/m1/s1. The summed E-state index contributed by atoms with van der Waals surface area (Å²) >= 11 is 0. The number of ether oxygens (including phenoxy) is 2. The predicted molar refractivity (Wildman–Crippen MR) is 82.7 cm³/mol. The van der Waals surface area contributed by atoms with E-state index in [1.165, 1.54) is 25.7 Å². The molecule has 1 atom stereocenters. The molecule has 0 saturated heterocycles. The molecule has 1 aromatic carbocycles. The van der Waals surface area contributed by atoms with Gasteiger partial charge in [-0.15, -0.1) is 0 Å². The maximum absolute atomic E-state index is 12.2. The molecule has 1 N–H and O–H groups in total. The highest BCUT2D eigenvalue weighted by atomic mass is 16.5. The van der Waals surface area contributed by atoms with Crippen molar-refractivity contribution in [2.45, 2.75) is 45.1 Å². The second kappa shape index (κ2) is 7.34. The average molecular weight is 291 g/mol. The van der Waals surface area contributed by atoms with Gasteiger partial charge in [-0.25, -0.2) is 0 Å². The summed E-state index contributed by atoms with van der Waals surface area (Å²) in [7, 11) is 3.27. The van der Waals surface area contributed by atoms with Crippen molar-refractivity contribution in [1.82, 2.24) is 5.32 Å². The van der Waals surface area contributed by atoms with Gasteiger partial charge < -0.3 is 14.8 Å². The van der Waals surface area contributed by atoms with E-state index in [-0.39, 0.29) is 11.9 Å². The molecule has 1 aliphatic carbocycles. The zero-order chi connectivity index (χ0) is 15.2. The summed E-state index contributed by atoms with van der Waals surface area (Å²) in [4.78, 5) is 12.2. The molecule has 0 aliphatic heterocycles. The summed E-state index contributed by atoms with van der Waals surface area (Å²) in [6, 6.07) is 5.55. The minimum absolute atomic E-state index is 0.0936. The lowest BCUT2D eigenvalue weighted by atomic mass is 10.0. The Morgan fingerprint density at radius 2 is 2.00 bits per heavy atom. The van der Waals surface area contributed by atoms with Crippen molar-refractivity contribution in [3.8, 4) is 11.5 Å². The number of nitrogens with one attached hydrogen (secondary N) is 1. The molecule has 2 rings (SSSR count). The SMILES string of the molecule is COc1ccc(OC)c([C@@H](C)NC(=O)CC2CCCC2)c1. The number of hydrogen-bond acceptors (Lipinski definition) is 3. The van der Waals surface area contributed by atoms with Gasteiger partial charge in [0.25, 0.3) is 0 Å². The minimum atomic E-state index is -0.0936. The summed E-state index contributed by atoms with van der Waals surface area (Å²) in [5.41, 5.74) is 0.941. The van der Waals surface area contributed by atoms with Crippen molar-refractivity contribution in [3.05, 3.63) is 23.8 Å². The van der Waals surface area contributed by atoms with Crippen molar-refractivity contribution >= 4 is 5.91 Å². The summed E-state index contributed by atoms with van der Waals surface area (Å²) in [5.74, 6) is 2.22. The van der Waals surface area contributed by atoms with E-state index < -0.39 is 0 Å². The van der Waals surface area contributed by atoms with E-state index in [0.29, 0.717) is 12.3 Å². The van der Waals surface area contributed by atoms with E-state index in [9.17, 15) is 4.79 Å². The van der Waals surface area contributed by atoms with E-state index in [4.69, 9.17) is 9.47 Å². The highest BCUT2D eigenvalue weighted by molar-refractivity contribution is 5.76. The highest BCUT2D eigenvalue weighted by Gasteiger charge is 2.20. The number of carbonyl (C=O) groups excluding carboxylic acids is 1. The Labute approximate surface area is 126 Å². The van der Waals surface area contributed by atoms with Crippen LogP contribution in [0, 0.1) is 5.92 Å². The van der Waals surface area contributed by atoms with Gasteiger partial charge in [0.05, 0.1) is 20.3 Å². The van der Waals surface area contributed by atoms with Crippen LogP contribution < -0.4 is 14.8 Å².